The molecule has 1 aliphatic heterocycles. The highest BCUT2D eigenvalue weighted by Crippen LogP contribution is 2.45. The quantitative estimate of drug-likeness (QED) is 0.651. The number of nitrogens with zero attached hydrogens (tertiary/aromatic N) is 1. The number of fused-ring (bicyclic) bond motifs is 3. The SMILES string of the molecule is CCC1(C(=O)O)CCN(C(=O)[C@@H]2C[C@@H]2CNC(=O)OCC2c3ccccc3-c3ccccc32)C1. The van der Waals surface area contributed by atoms with Gasteiger partial charge in [-0.1, -0.05) is 55.5 Å². The molecule has 1 unspecified atom stereocenters. The third kappa shape index (κ3) is 3.93. The second kappa shape index (κ2) is 8.78. The van der Waals surface area contributed by atoms with E-state index in [0.29, 0.717) is 32.4 Å². The van der Waals surface area contributed by atoms with Gasteiger partial charge in [0.2, 0.25) is 5.91 Å². The van der Waals surface area contributed by atoms with Crippen molar-refractivity contribution in [2.24, 2.45) is 17.3 Å². The van der Waals surface area contributed by atoms with Crippen molar-refractivity contribution in [3.63, 3.8) is 0 Å². The molecule has 3 atom stereocenters. The smallest absolute Gasteiger partial charge is 0.407 e. The summed E-state index contributed by atoms with van der Waals surface area (Å²) in [5, 5.41) is 12.4. The molecule has 0 spiro atoms. The minimum atomic E-state index is -0.824. The Kier molecular flexibility index (Phi) is 5.80. The summed E-state index contributed by atoms with van der Waals surface area (Å²) in [6, 6.07) is 16.4. The third-order valence-corrected chi connectivity index (χ3v) is 7.89. The Balaban J connectivity index is 1.10. The first-order valence-electron chi connectivity index (χ1n) is 12.0. The van der Waals surface area contributed by atoms with Gasteiger partial charge in [-0.15, -0.1) is 0 Å². The fraction of sp³-hybridized carbons (Fsp3) is 0.444. The molecule has 7 nitrogen and oxygen atoms in total. The molecule has 5 rings (SSSR count). The number of alkyl carbamates (subject to hydrolysis) is 1. The van der Waals surface area contributed by atoms with E-state index < -0.39 is 17.5 Å². The van der Waals surface area contributed by atoms with Gasteiger partial charge in [0.1, 0.15) is 6.61 Å². The van der Waals surface area contributed by atoms with Crippen molar-refractivity contribution < 1.29 is 24.2 Å². The van der Waals surface area contributed by atoms with Crippen LogP contribution in [0.25, 0.3) is 11.1 Å². The van der Waals surface area contributed by atoms with Crippen molar-refractivity contribution in [2.45, 2.75) is 32.1 Å². The normalized spacial score (nSPS) is 24.9. The molecule has 2 aromatic rings. The van der Waals surface area contributed by atoms with Crippen LogP contribution in [0, 0.1) is 17.3 Å². The number of carbonyl (C=O) groups excluding carboxylic acids is 2. The predicted molar refractivity (Wildman–Crippen MR) is 126 cm³/mol. The van der Waals surface area contributed by atoms with Crippen LogP contribution in [-0.2, 0) is 14.3 Å². The molecule has 178 valence electrons. The topological polar surface area (TPSA) is 95.9 Å². The molecule has 2 amide bonds. The molecule has 1 saturated carbocycles. The third-order valence-electron chi connectivity index (χ3n) is 7.89. The standard InChI is InChI=1S/C27H30N2O5/c1-2-27(25(31)32)11-12-29(16-27)24(30)22-13-17(22)14-28-26(33)34-15-23-20-9-5-3-7-18(20)19-8-4-6-10-21(19)23/h3-10,17,22-23H,2,11-16H2,1H3,(H,28,33)(H,31,32)/t17-,22-,27?/m1/s1. The minimum absolute atomic E-state index is 0.0101. The molecule has 2 aromatic carbocycles. The van der Waals surface area contributed by atoms with Crippen LogP contribution in [0.3, 0.4) is 0 Å². The van der Waals surface area contributed by atoms with Crippen molar-refractivity contribution in [1.82, 2.24) is 10.2 Å². The number of aliphatic carboxylic acids is 1. The summed E-state index contributed by atoms with van der Waals surface area (Å²) in [6.07, 6.45) is 1.26. The van der Waals surface area contributed by atoms with Crippen LogP contribution < -0.4 is 5.32 Å². The number of carbonyl (C=O) groups is 3. The fourth-order valence-electron chi connectivity index (χ4n) is 5.55. The number of carboxylic acids is 1. The lowest BCUT2D eigenvalue weighted by Gasteiger charge is -2.23. The Morgan fingerprint density at radius 2 is 1.74 bits per heavy atom. The lowest BCUT2D eigenvalue weighted by Crippen LogP contribution is -2.37. The van der Waals surface area contributed by atoms with E-state index in [4.69, 9.17) is 4.74 Å². The van der Waals surface area contributed by atoms with Gasteiger partial charge >= 0.3 is 12.1 Å². The molecule has 0 aromatic heterocycles. The zero-order chi connectivity index (χ0) is 23.9. The van der Waals surface area contributed by atoms with Crippen molar-refractivity contribution in [3.05, 3.63) is 59.7 Å². The molecule has 34 heavy (non-hydrogen) atoms. The van der Waals surface area contributed by atoms with E-state index in [1.54, 1.807) is 4.90 Å². The average molecular weight is 463 g/mol. The maximum atomic E-state index is 12.8. The second-order valence-corrected chi connectivity index (χ2v) is 9.76. The fourth-order valence-corrected chi connectivity index (χ4v) is 5.55. The number of nitrogens with one attached hydrogen (secondary N) is 1. The Labute approximate surface area is 199 Å². The lowest BCUT2D eigenvalue weighted by atomic mass is 9.84. The number of carboxylic acid groups (broad SMARTS) is 1. The van der Waals surface area contributed by atoms with Crippen LogP contribution in [0.5, 0.6) is 0 Å². The Hall–Kier alpha value is -3.35. The van der Waals surface area contributed by atoms with E-state index in [2.05, 4.69) is 29.6 Å². The van der Waals surface area contributed by atoms with Crippen LogP contribution in [0.15, 0.2) is 48.5 Å². The molecule has 0 bridgehead atoms. The molecule has 2 aliphatic carbocycles. The van der Waals surface area contributed by atoms with Crippen LogP contribution in [-0.4, -0.2) is 54.2 Å². The number of likely N-dealkylation sites (tertiary alicyclic amines) is 1. The minimum Gasteiger partial charge on any atom is -0.481 e. The maximum Gasteiger partial charge on any atom is 0.407 e. The van der Waals surface area contributed by atoms with E-state index in [1.807, 2.05) is 31.2 Å². The number of amides is 2. The van der Waals surface area contributed by atoms with Crippen LogP contribution in [0.1, 0.15) is 43.2 Å². The molecule has 7 heteroatoms. The molecule has 2 N–H and O–H groups in total. The van der Waals surface area contributed by atoms with Crippen molar-refractivity contribution in [2.75, 3.05) is 26.2 Å². The van der Waals surface area contributed by atoms with E-state index in [-0.39, 0.29) is 36.8 Å². The van der Waals surface area contributed by atoms with E-state index >= 15 is 0 Å². The molecule has 2 fully saturated rings. The van der Waals surface area contributed by atoms with Gasteiger partial charge in [0, 0.05) is 31.5 Å². The van der Waals surface area contributed by atoms with Crippen molar-refractivity contribution in [3.8, 4) is 11.1 Å². The Morgan fingerprint density at radius 1 is 1.09 bits per heavy atom. The second-order valence-electron chi connectivity index (χ2n) is 9.76. The highest BCUT2D eigenvalue weighted by molar-refractivity contribution is 5.84. The zero-order valence-corrected chi connectivity index (χ0v) is 19.3. The van der Waals surface area contributed by atoms with Gasteiger partial charge in [-0.05, 0) is 47.4 Å². The van der Waals surface area contributed by atoms with Gasteiger partial charge in [-0.3, -0.25) is 9.59 Å². The van der Waals surface area contributed by atoms with Crippen molar-refractivity contribution >= 4 is 18.0 Å². The summed E-state index contributed by atoms with van der Waals surface area (Å²) in [5.74, 6) is -0.869. The summed E-state index contributed by atoms with van der Waals surface area (Å²) in [5.41, 5.74) is 3.88. The number of ether oxygens (including phenoxy) is 1. The first-order chi connectivity index (χ1) is 16.4. The van der Waals surface area contributed by atoms with E-state index in [1.165, 1.54) is 22.3 Å². The van der Waals surface area contributed by atoms with Gasteiger partial charge in [0.25, 0.3) is 0 Å². The predicted octanol–water partition coefficient (Wildman–Crippen LogP) is 3.87. The average Bonchev–Trinajstić information content (AvgIpc) is 3.37. The summed E-state index contributed by atoms with van der Waals surface area (Å²) < 4.78 is 5.57. The molecule has 1 heterocycles. The summed E-state index contributed by atoms with van der Waals surface area (Å²) >= 11 is 0. The lowest BCUT2D eigenvalue weighted by molar-refractivity contribution is -0.148. The largest absolute Gasteiger partial charge is 0.481 e. The van der Waals surface area contributed by atoms with Gasteiger partial charge in [0.05, 0.1) is 5.41 Å². The Morgan fingerprint density at radius 3 is 2.32 bits per heavy atom. The highest BCUT2D eigenvalue weighted by Gasteiger charge is 2.50. The first-order valence-corrected chi connectivity index (χ1v) is 12.0. The van der Waals surface area contributed by atoms with E-state index in [0.717, 1.165) is 0 Å². The molecular formula is C27H30N2O5. The highest BCUT2D eigenvalue weighted by atomic mass is 16.5. The number of benzene rings is 2. The maximum absolute atomic E-state index is 12.8. The first kappa shape index (κ1) is 22.4. The molecule has 0 radical (unpaired) electrons. The Bertz CT molecular complexity index is 1090. The number of hydrogen-bond acceptors (Lipinski definition) is 4. The van der Waals surface area contributed by atoms with Gasteiger partial charge < -0.3 is 20.1 Å². The number of rotatable bonds is 7. The van der Waals surface area contributed by atoms with E-state index in [9.17, 15) is 19.5 Å². The summed E-state index contributed by atoms with van der Waals surface area (Å²) in [7, 11) is 0. The van der Waals surface area contributed by atoms with Crippen LogP contribution in [0.4, 0.5) is 4.79 Å². The van der Waals surface area contributed by atoms with Crippen LogP contribution >= 0.6 is 0 Å². The molecule has 1 saturated heterocycles. The molecule has 3 aliphatic rings. The monoisotopic (exact) mass is 462 g/mol. The summed E-state index contributed by atoms with van der Waals surface area (Å²) in [4.78, 5) is 38.5. The van der Waals surface area contributed by atoms with Crippen LogP contribution in [0.2, 0.25) is 0 Å². The van der Waals surface area contributed by atoms with Gasteiger partial charge in [-0.2, -0.15) is 0 Å². The van der Waals surface area contributed by atoms with Gasteiger partial charge in [-0.25, -0.2) is 4.79 Å². The number of hydrogen-bond donors (Lipinski definition) is 2. The molecular weight excluding hydrogens is 432 g/mol. The zero-order valence-electron chi connectivity index (χ0n) is 19.3. The van der Waals surface area contributed by atoms with Crippen molar-refractivity contribution in [1.29, 1.82) is 0 Å². The summed E-state index contributed by atoms with van der Waals surface area (Å²) in [6.45, 7) is 3.27. The van der Waals surface area contributed by atoms with Gasteiger partial charge in [0.15, 0.2) is 0 Å².